The van der Waals surface area contributed by atoms with Gasteiger partial charge in [0.1, 0.15) is 0 Å². The van der Waals surface area contributed by atoms with E-state index in [1.807, 2.05) is 18.2 Å². The highest BCUT2D eigenvalue weighted by Crippen LogP contribution is 2.23. The Balaban J connectivity index is 2.10. The molecule has 0 aromatic heterocycles. The summed E-state index contributed by atoms with van der Waals surface area (Å²) in [6.07, 6.45) is 1.23. The molecular formula is C17H24N2O2S. The number of piperidine rings is 1. The third kappa shape index (κ3) is 4.19. The summed E-state index contributed by atoms with van der Waals surface area (Å²) in [6.45, 7) is 8.57. The highest BCUT2D eigenvalue weighted by molar-refractivity contribution is 7.80. The molecule has 0 radical (unpaired) electrons. The number of esters is 1. The number of hydrogen-bond donors (Lipinski definition) is 1. The van der Waals surface area contributed by atoms with E-state index in [1.54, 1.807) is 13.0 Å². The zero-order valence-corrected chi connectivity index (χ0v) is 14.3. The fourth-order valence-corrected chi connectivity index (χ4v) is 3.26. The van der Waals surface area contributed by atoms with E-state index in [-0.39, 0.29) is 5.97 Å². The van der Waals surface area contributed by atoms with Gasteiger partial charge in [0, 0.05) is 13.1 Å². The molecule has 0 amide bonds. The smallest absolute Gasteiger partial charge is 0.340 e. The van der Waals surface area contributed by atoms with Crippen molar-refractivity contribution in [2.45, 2.75) is 27.2 Å². The number of hydrogen-bond acceptors (Lipinski definition) is 3. The van der Waals surface area contributed by atoms with Crippen LogP contribution in [0.5, 0.6) is 0 Å². The Hall–Kier alpha value is -1.62. The fourth-order valence-electron chi connectivity index (χ4n) is 3.00. The monoisotopic (exact) mass is 320 g/mol. The van der Waals surface area contributed by atoms with Crippen molar-refractivity contribution in [3.8, 4) is 0 Å². The maximum Gasteiger partial charge on any atom is 0.340 e. The molecule has 1 aliphatic heterocycles. The number of nitrogens with zero attached hydrogens (tertiary/aromatic N) is 1. The molecule has 0 aliphatic carbocycles. The van der Waals surface area contributed by atoms with E-state index in [0.29, 0.717) is 34.8 Å². The van der Waals surface area contributed by atoms with Crippen molar-refractivity contribution in [1.29, 1.82) is 0 Å². The number of likely N-dealkylation sites (tertiary alicyclic amines) is 1. The minimum atomic E-state index is -0.325. The number of para-hydroxylation sites is 1. The predicted molar refractivity (Wildman–Crippen MR) is 93.1 cm³/mol. The fraction of sp³-hybridized carbons (Fsp3) is 0.529. The van der Waals surface area contributed by atoms with E-state index in [2.05, 4.69) is 24.1 Å². The maximum atomic E-state index is 12.0. The van der Waals surface area contributed by atoms with E-state index >= 15 is 0 Å². The number of benzene rings is 1. The lowest BCUT2D eigenvalue weighted by Crippen LogP contribution is -2.44. The van der Waals surface area contributed by atoms with Gasteiger partial charge in [-0.15, -0.1) is 0 Å². The number of ether oxygens (including phenoxy) is 1. The Labute approximate surface area is 137 Å². The number of carbonyl (C=O) groups excluding carboxylic acids is 1. The summed E-state index contributed by atoms with van der Waals surface area (Å²) in [6, 6.07) is 7.32. The first-order valence-corrected chi connectivity index (χ1v) is 8.24. The first-order valence-electron chi connectivity index (χ1n) is 7.83. The molecule has 0 unspecified atom stereocenters. The zero-order chi connectivity index (χ0) is 16.1. The molecule has 0 spiro atoms. The molecule has 0 bridgehead atoms. The molecule has 2 rings (SSSR count). The average Bonchev–Trinajstić information content (AvgIpc) is 2.47. The predicted octanol–water partition coefficient (Wildman–Crippen LogP) is 3.54. The Morgan fingerprint density at radius 1 is 1.32 bits per heavy atom. The molecule has 1 N–H and O–H groups in total. The van der Waals surface area contributed by atoms with Gasteiger partial charge in [0.05, 0.1) is 17.9 Å². The quantitative estimate of drug-likeness (QED) is 0.681. The first kappa shape index (κ1) is 16.7. The van der Waals surface area contributed by atoms with Gasteiger partial charge < -0.3 is 15.0 Å². The molecule has 22 heavy (non-hydrogen) atoms. The van der Waals surface area contributed by atoms with Crippen LogP contribution >= 0.6 is 12.2 Å². The summed E-state index contributed by atoms with van der Waals surface area (Å²) in [5, 5.41) is 3.89. The summed E-state index contributed by atoms with van der Waals surface area (Å²) in [7, 11) is 0. The number of rotatable bonds is 3. The van der Waals surface area contributed by atoms with E-state index in [4.69, 9.17) is 17.0 Å². The normalized spacial score (nSPS) is 21.3. The van der Waals surface area contributed by atoms with Crippen molar-refractivity contribution in [2.75, 3.05) is 25.0 Å². The van der Waals surface area contributed by atoms with Gasteiger partial charge in [0.15, 0.2) is 5.11 Å². The molecule has 1 fully saturated rings. The first-order chi connectivity index (χ1) is 10.5. The van der Waals surface area contributed by atoms with Crippen molar-refractivity contribution in [2.24, 2.45) is 11.8 Å². The molecule has 120 valence electrons. The minimum absolute atomic E-state index is 0.325. The minimum Gasteiger partial charge on any atom is -0.462 e. The standard InChI is InChI=1S/C17H24N2O2S/c1-4-21-16(20)14-7-5-6-8-15(14)18-17(22)19-10-12(2)9-13(3)11-19/h5-8,12-13H,4,9-11H2,1-3H3,(H,18,22)/t12-,13-/m1/s1. The average molecular weight is 320 g/mol. The largest absolute Gasteiger partial charge is 0.462 e. The molecule has 5 heteroatoms. The molecular weight excluding hydrogens is 296 g/mol. The molecule has 1 aliphatic rings. The second kappa shape index (κ2) is 7.58. The van der Waals surface area contributed by atoms with Crippen molar-refractivity contribution in [3.05, 3.63) is 29.8 Å². The van der Waals surface area contributed by atoms with E-state index in [9.17, 15) is 4.79 Å². The van der Waals surface area contributed by atoms with Crippen molar-refractivity contribution in [3.63, 3.8) is 0 Å². The number of nitrogens with one attached hydrogen (secondary N) is 1. The molecule has 1 saturated heterocycles. The van der Waals surface area contributed by atoms with Crippen LogP contribution in [0.2, 0.25) is 0 Å². The van der Waals surface area contributed by atoms with Crippen LogP contribution in [0, 0.1) is 11.8 Å². The Kier molecular flexibility index (Phi) is 5.77. The molecule has 1 aromatic carbocycles. The van der Waals surface area contributed by atoms with Gasteiger partial charge >= 0.3 is 5.97 Å². The Morgan fingerprint density at radius 2 is 1.95 bits per heavy atom. The van der Waals surface area contributed by atoms with Crippen LogP contribution in [0.25, 0.3) is 0 Å². The maximum absolute atomic E-state index is 12.0. The Morgan fingerprint density at radius 3 is 2.59 bits per heavy atom. The molecule has 1 aromatic rings. The lowest BCUT2D eigenvalue weighted by molar-refractivity contribution is 0.0527. The third-order valence-corrected chi connectivity index (χ3v) is 4.18. The summed E-state index contributed by atoms with van der Waals surface area (Å²) >= 11 is 5.54. The lowest BCUT2D eigenvalue weighted by atomic mass is 9.92. The Bertz CT molecular complexity index is 537. The van der Waals surface area contributed by atoms with Crippen LogP contribution in [0.1, 0.15) is 37.6 Å². The van der Waals surface area contributed by atoms with E-state index in [0.717, 1.165) is 13.1 Å². The summed E-state index contributed by atoms with van der Waals surface area (Å²) in [5.41, 5.74) is 1.22. The molecule has 1 heterocycles. The van der Waals surface area contributed by atoms with Crippen molar-refractivity contribution in [1.82, 2.24) is 4.90 Å². The number of carbonyl (C=O) groups is 1. The highest BCUT2D eigenvalue weighted by atomic mass is 32.1. The van der Waals surface area contributed by atoms with Gasteiger partial charge in [-0.2, -0.15) is 0 Å². The van der Waals surface area contributed by atoms with Crippen molar-refractivity contribution < 1.29 is 9.53 Å². The van der Waals surface area contributed by atoms with Crippen LogP contribution in [-0.2, 0) is 4.74 Å². The molecule has 4 nitrogen and oxygen atoms in total. The summed E-state index contributed by atoms with van der Waals surface area (Å²) in [5.74, 6) is 0.932. The SMILES string of the molecule is CCOC(=O)c1ccccc1NC(=S)N1C[C@H](C)C[C@@H](C)C1. The number of anilines is 1. The second-order valence-corrected chi connectivity index (χ2v) is 6.43. The van der Waals surface area contributed by atoms with Gasteiger partial charge in [0.25, 0.3) is 0 Å². The van der Waals surface area contributed by atoms with Crippen LogP contribution in [0.3, 0.4) is 0 Å². The number of thiocarbonyl (C=S) groups is 1. The van der Waals surface area contributed by atoms with Gasteiger partial charge in [0.2, 0.25) is 0 Å². The molecule has 0 saturated carbocycles. The topological polar surface area (TPSA) is 41.6 Å². The van der Waals surface area contributed by atoms with Crippen LogP contribution in [0.4, 0.5) is 5.69 Å². The third-order valence-electron chi connectivity index (χ3n) is 3.82. The van der Waals surface area contributed by atoms with Gasteiger partial charge in [-0.05, 0) is 49.5 Å². The van der Waals surface area contributed by atoms with Crippen LogP contribution in [0.15, 0.2) is 24.3 Å². The summed E-state index contributed by atoms with van der Waals surface area (Å²) < 4.78 is 5.09. The van der Waals surface area contributed by atoms with E-state index in [1.165, 1.54) is 6.42 Å². The van der Waals surface area contributed by atoms with Gasteiger partial charge in [-0.1, -0.05) is 26.0 Å². The lowest BCUT2D eigenvalue weighted by Gasteiger charge is -2.36. The van der Waals surface area contributed by atoms with E-state index < -0.39 is 0 Å². The second-order valence-electron chi connectivity index (χ2n) is 6.05. The van der Waals surface area contributed by atoms with Gasteiger partial charge in [-0.25, -0.2) is 4.79 Å². The van der Waals surface area contributed by atoms with Crippen molar-refractivity contribution >= 4 is 29.0 Å². The van der Waals surface area contributed by atoms with Gasteiger partial charge in [-0.3, -0.25) is 0 Å². The highest BCUT2D eigenvalue weighted by Gasteiger charge is 2.24. The molecule has 2 atom stereocenters. The van der Waals surface area contributed by atoms with Crippen LogP contribution < -0.4 is 5.32 Å². The van der Waals surface area contributed by atoms with Crippen LogP contribution in [-0.4, -0.2) is 35.7 Å². The zero-order valence-electron chi connectivity index (χ0n) is 13.5. The summed E-state index contributed by atoms with van der Waals surface area (Å²) in [4.78, 5) is 14.2.